The van der Waals surface area contributed by atoms with Crippen LogP contribution in [0.3, 0.4) is 0 Å². The number of carbonyl (C=O) groups is 2. The van der Waals surface area contributed by atoms with Gasteiger partial charge in [0.1, 0.15) is 0 Å². The van der Waals surface area contributed by atoms with Crippen LogP contribution in [0.2, 0.25) is 0 Å². The zero-order chi connectivity index (χ0) is 12.6. The Balaban J connectivity index is 1.84. The van der Waals surface area contributed by atoms with E-state index in [1.54, 1.807) is 9.80 Å². The molecule has 0 aliphatic carbocycles. The largest absolute Gasteiger partial charge is 0.481 e. The molecule has 2 saturated heterocycles. The molecule has 2 unspecified atom stereocenters. The van der Waals surface area contributed by atoms with E-state index in [2.05, 4.69) is 0 Å². The molecule has 0 radical (unpaired) electrons. The van der Waals surface area contributed by atoms with E-state index in [4.69, 9.17) is 5.11 Å². The van der Waals surface area contributed by atoms with Gasteiger partial charge in [-0.05, 0) is 12.3 Å². The van der Waals surface area contributed by atoms with Crippen LogP contribution >= 0.6 is 0 Å². The Morgan fingerprint density at radius 2 is 1.82 bits per heavy atom. The van der Waals surface area contributed by atoms with Crippen molar-refractivity contribution >= 4 is 12.0 Å². The lowest BCUT2D eigenvalue weighted by Crippen LogP contribution is -2.59. The number of aliphatic hydroxyl groups is 1. The maximum absolute atomic E-state index is 12.0. The van der Waals surface area contributed by atoms with Crippen molar-refractivity contribution in [2.75, 3.05) is 26.2 Å². The maximum Gasteiger partial charge on any atom is 0.320 e. The minimum atomic E-state index is -0.837. The summed E-state index contributed by atoms with van der Waals surface area (Å²) in [5.41, 5.74) is 0. The molecule has 6 heteroatoms. The zero-order valence-electron chi connectivity index (χ0n) is 9.87. The van der Waals surface area contributed by atoms with Crippen molar-refractivity contribution in [3.05, 3.63) is 0 Å². The molecular weight excluding hydrogens is 224 g/mol. The van der Waals surface area contributed by atoms with Crippen molar-refractivity contribution in [1.82, 2.24) is 9.80 Å². The van der Waals surface area contributed by atoms with E-state index in [0.29, 0.717) is 32.6 Å². The number of piperidine rings is 1. The van der Waals surface area contributed by atoms with Gasteiger partial charge in [-0.3, -0.25) is 4.79 Å². The molecule has 2 rings (SSSR count). The van der Waals surface area contributed by atoms with Crippen LogP contribution in [0.15, 0.2) is 0 Å². The average molecular weight is 242 g/mol. The number of hydrogen-bond donors (Lipinski definition) is 2. The molecule has 0 aromatic rings. The lowest BCUT2D eigenvalue weighted by molar-refractivity contribution is -0.146. The number of carboxylic acids is 1. The van der Waals surface area contributed by atoms with Gasteiger partial charge in [0.15, 0.2) is 0 Å². The van der Waals surface area contributed by atoms with Crippen LogP contribution in [0.4, 0.5) is 4.79 Å². The van der Waals surface area contributed by atoms with Gasteiger partial charge in [-0.25, -0.2) is 4.79 Å². The summed E-state index contributed by atoms with van der Waals surface area (Å²) < 4.78 is 0. The number of hydrogen-bond acceptors (Lipinski definition) is 3. The van der Waals surface area contributed by atoms with Crippen LogP contribution in [0.25, 0.3) is 0 Å². The standard InChI is InChI=1S/C11H18N2O4/c1-7-4-12(3-2-9(7)14)11(17)13-5-8(6-13)10(15)16/h7-9,14H,2-6H2,1H3,(H,15,16). The second kappa shape index (κ2) is 4.52. The predicted molar refractivity (Wildman–Crippen MR) is 59.5 cm³/mol. The highest BCUT2D eigenvalue weighted by molar-refractivity contribution is 5.80. The number of amides is 2. The molecule has 2 aliphatic heterocycles. The summed E-state index contributed by atoms with van der Waals surface area (Å²) >= 11 is 0. The molecule has 2 amide bonds. The molecule has 2 heterocycles. The third-order valence-corrected chi connectivity index (χ3v) is 3.63. The second-order valence-electron chi connectivity index (χ2n) is 5.00. The minimum Gasteiger partial charge on any atom is -0.481 e. The Morgan fingerprint density at radius 1 is 1.18 bits per heavy atom. The van der Waals surface area contributed by atoms with E-state index in [9.17, 15) is 14.7 Å². The van der Waals surface area contributed by atoms with E-state index in [1.807, 2.05) is 6.92 Å². The summed E-state index contributed by atoms with van der Waals surface area (Å²) in [7, 11) is 0. The van der Waals surface area contributed by atoms with Gasteiger partial charge in [0.05, 0.1) is 12.0 Å². The Hall–Kier alpha value is -1.30. The van der Waals surface area contributed by atoms with Gasteiger partial charge < -0.3 is 20.0 Å². The second-order valence-corrected chi connectivity index (χ2v) is 5.00. The Labute approximate surface area is 99.8 Å². The predicted octanol–water partition coefficient (Wildman–Crippen LogP) is -0.175. The van der Waals surface area contributed by atoms with Crippen LogP contribution in [-0.4, -0.2) is 64.3 Å². The Kier molecular flexibility index (Phi) is 3.24. The van der Waals surface area contributed by atoms with Crippen molar-refractivity contribution in [3.8, 4) is 0 Å². The van der Waals surface area contributed by atoms with E-state index in [-0.39, 0.29) is 18.1 Å². The van der Waals surface area contributed by atoms with E-state index in [0.717, 1.165) is 0 Å². The number of likely N-dealkylation sites (tertiary alicyclic amines) is 2. The van der Waals surface area contributed by atoms with Crippen LogP contribution in [0.1, 0.15) is 13.3 Å². The molecule has 17 heavy (non-hydrogen) atoms. The summed E-state index contributed by atoms with van der Waals surface area (Å²) in [5, 5.41) is 18.3. The maximum atomic E-state index is 12.0. The highest BCUT2D eigenvalue weighted by Gasteiger charge is 2.39. The van der Waals surface area contributed by atoms with Crippen molar-refractivity contribution < 1.29 is 19.8 Å². The fourth-order valence-electron chi connectivity index (χ4n) is 2.30. The van der Waals surface area contributed by atoms with Gasteiger partial charge in [0, 0.05) is 26.2 Å². The van der Waals surface area contributed by atoms with E-state index in [1.165, 1.54) is 0 Å². The van der Waals surface area contributed by atoms with Crippen molar-refractivity contribution in [1.29, 1.82) is 0 Å². The third kappa shape index (κ3) is 2.36. The number of aliphatic carboxylic acids is 1. The van der Waals surface area contributed by atoms with Gasteiger partial charge in [0.2, 0.25) is 0 Å². The zero-order valence-corrected chi connectivity index (χ0v) is 9.87. The average Bonchev–Trinajstić information content (AvgIpc) is 2.19. The molecule has 0 bridgehead atoms. The molecule has 2 N–H and O–H groups in total. The fraction of sp³-hybridized carbons (Fsp3) is 0.818. The smallest absolute Gasteiger partial charge is 0.320 e. The van der Waals surface area contributed by atoms with Crippen LogP contribution < -0.4 is 0 Å². The van der Waals surface area contributed by atoms with Gasteiger partial charge in [-0.2, -0.15) is 0 Å². The summed E-state index contributed by atoms with van der Waals surface area (Å²) in [5.74, 6) is -1.16. The van der Waals surface area contributed by atoms with Gasteiger partial charge in [0.25, 0.3) is 0 Å². The molecule has 0 aromatic heterocycles. The summed E-state index contributed by atoms with van der Waals surface area (Å²) in [4.78, 5) is 25.9. The topological polar surface area (TPSA) is 81.1 Å². The number of urea groups is 1. The molecule has 0 aromatic carbocycles. The number of aliphatic hydroxyl groups excluding tert-OH is 1. The number of rotatable bonds is 1. The Bertz CT molecular complexity index is 327. The van der Waals surface area contributed by atoms with E-state index < -0.39 is 11.9 Å². The highest BCUT2D eigenvalue weighted by atomic mass is 16.4. The monoisotopic (exact) mass is 242 g/mol. The summed E-state index contributed by atoms with van der Waals surface area (Å²) in [6, 6.07) is -0.0961. The first-order chi connectivity index (χ1) is 7.99. The molecule has 2 atom stereocenters. The van der Waals surface area contributed by atoms with Gasteiger partial charge >= 0.3 is 12.0 Å². The molecule has 2 aliphatic rings. The Morgan fingerprint density at radius 3 is 2.35 bits per heavy atom. The lowest BCUT2D eigenvalue weighted by Gasteiger charge is -2.42. The summed E-state index contributed by atoms with van der Waals surface area (Å²) in [6.07, 6.45) is 0.269. The number of carbonyl (C=O) groups excluding carboxylic acids is 1. The molecule has 0 spiro atoms. The third-order valence-electron chi connectivity index (χ3n) is 3.63. The highest BCUT2D eigenvalue weighted by Crippen LogP contribution is 2.22. The number of nitrogens with zero attached hydrogens (tertiary/aromatic N) is 2. The molecule has 6 nitrogen and oxygen atoms in total. The van der Waals surface area contributed by atoms with Crippen molar-refractivity contribution in [2.24, 2.45) is 11.8 Å². The molecule has 96 valence electrons. The first kappa shape index (κ1) is 12.2. The van der Waals surface area contributed by atoms with Gasteiger partial charge in [-0.1, -0.05) is 6.92 Å². The van der Waals surface area contributed by atoms with Crippen LogP contribution in [0.5, 0.6) is 0 Å². The van der Waals surface area contributed by atoms with Crippen molar-refractivity contribution in [3.63, 3.8) is 0 Å². The van der Waals surface area contributed by atoms with Crippen molar-refractivity contribution in [2.45, 2.75) is 19.4 Å². The number of carboxylic acid groups (broad SMARTS) is 1. The van der Waals surface area contributed by atoms with Gasteiger partial charge in [-0.15, -0.1) is 0 Å². The van der Waals surface area contributed by atoms with E-state index >= 15 is 0 Å². The minimum absolute atomic E-state index is 0.0873. The molecular formula is C11H18N2O4. The summed E-state index contributed by atoms with van der Waals surface area (Å²) in [6.45, 7) is 3.64. The molecule has 2 fully saturated rings. The molecule has 0 saturated carbocycles. The first-order valence-electron chi connectivity index (χ1n) is 5.93. The normalized spacial score (nSPS) is 30.0. The lowest BCUT2D eigenvalue weighted by atomic mass is 9.96. The first-order valence-corrected chi connectivity index (χ1v) is 5.93. The SMILES string of the molecule is CC1CN(C(=O)N2CC(C(=O)O)C2)CCC1O. The van der Waals surface area contributed by atoms with Crippen LogP contribution in [0, 0.1) is 11.8 Å². The van der Waals surface area contributed by atoms with Crippen LogP contribution in [-0.2, 0) is 4.79 Å². The quantitative estimate of drug-likeness (QED) is 0.668. The fourth-order valence-corrected chi connectivity index (χ4v) is 2.30.